The number of carbonyl (C=O) groups is 4. The van der Waals surface area contributed by atoms with Crippen LogP contribution >= 0.6 is 7.82 Å². The molecule has 0 amide bonds. The van der Waals surface area contributed by atoms with Gasteiger partial charge < -0.3 is 19.3 Å². The van der Waals surface area contributed by atoms with Crippen LogP contribution in [0, 0.1) is 0 Å². The third-order valence-corrected chi connectivity index (χ3v) is 12.7. The molecule has 0 aromatic heterocycles. The Labute approximate surface area is 395 Å². The molecule has 0 heterocycles. The molecule has 0 aliphatic carbocycles. The van der Waals surface area contributed by atoms with E-state index >= 15 is 0 Å². The molecule has 0 aliphatic heterocycles. The molecule has 0 aliphatic rings. The third kappa shape index (κ3) is 37.4. The van der Waals surface area contributed by atoms with Crippen molar-refractivity contribution in [3.8, 4) is 0 Å². The molecule has 0 saturated carbocycles. The van der Waals surface area contributed by atoms with E-state index < -0.39 is 25.7 Å². The van der Waals surface area contributed by atoms with Crippen molar-refractivity contribution in [3.05, 3.63) is 59.7 Å². The van der Waals surface area contributed by atoms with Crippen LogP contribution in [0.3, 0.4) is 0 Å². The minimum absolute atomic E-state index is 0.00728. The van der Waals surface area contributed by atoms with Crippen molar-refractivity contribution < 1.29 is 37.3 Å². The second kappa shape index (κ2) is 42.0. The Hall–Kier alpha value is -3.36. The van der Waals surface area contributed by atoms with Crippen LogP contribution in [-0.4, -0.2) is 42.5 Å². The molecular weight excluding hydrogens is 836 g/mol. The molecule has 11 heteroatoms. The van der Waals surface area contributed by atoms with Crippen LogP contribution in [0.15, 0.2) is 53.6 Å². The Bertz CT molecular complexity index is 1450. The average molecular weight is 927 g/mol. The summed E-state index contributed by atoms with van der Waals surface area (Å²) in [5, 5.41) is 0. The van der Waals surface area contributed by atoms with Gasteiger partial charge in [0.2, 0.25) is 0 Å². The summed E-state index contributed by atoms with van der Waals surface area (Å²) in [6.45, 7) is 6.46. The van der Waals surface area contributed by atoms with E-state index in [0.29, 0.717) is 24.8 Å². The molecule has 1 aromatic rings. The molecule has 10 nitrogen and oxygen atoms in total. The van der Waals surface area contributed by atoms with Crippen molar-refractivity contribution in [2.45, 2.75) is 245 Å². The lowest BCUT2D eigenvalue weighted by Gasteiger charge is -2.16. The fraction of sp³-hybridized carbons (Fsp3) is 0.722. The van der Waals surface area contributed by atoms with Crippen LogP contribution < -0.4 is 5.73 Å². The molecule has 1 atom stereocenters. The Kier molecular flexibility index (Phi) is 38.6. The largest absolute Gasteiger partial charge is 0.653 e. The Morgan fingerprint density at radius 3 is 1.32 bits per heavy atom. The van der Waals surface area contributed by atoms with E-state index in [1.54, 1.807) is 30.5 Å². The van der Waals surface area contributed by atoms with E-state index in [4.69, 9.17) is 19.3 Å². The second-order valence-electron chi connectivity index (χ2n) is 17.9. The maximum absolute atomic E-state index is 13.6. The van der Waals surface area contributed by atoms with Crippen LogP contribution in [0.2, 0.25) is 0 Å². The number of Topliss-reactive ketones (excluding diaryl/α,β-unsaturated/α-hetero) is 1. The normalized spacial score (nSPS) is 12.4. The van der Waals surface area contributed by atoms with E-state index in [2.05, 4.69) is 43.1 Å². The van der Waals surface area contributed by atoms with Crippen molar-refractivity contribution in [1.29, 1.82) is 0 Å². The van der Waals surface area contributed by atoms with Crippen LogP contribution in [0.4, 0.5) is 0 Å². The second-order valence-corrected chi connectivity index (χ2v) is 19.4. The molecule has 0 spiro atoms. The average Bonchev–Trinajstić information content (AvgIpc) is 3.27. The molecule has 0 fully saturated rings. The van der Waals surface area contributed by atoms with Gasteiger partial charge in [-0.05, 0) is 89.5 Å². The number of ketones is 1. The fourth-order valence-electron chi connectivity index (χ4n) is 7.40. The molecule has 1 rings (SSSR count). The topological polar surface area (TPSA) is 151 Å². The molecule has 2 N–H and O–H groups in total. The molecule has 370 valence electrons. The van der Waals surface area contributed by atoms with E-state index in [-0.39, 0.29) is 37.6 Å². The lowest BCUT2D eigenvalue weighted by atomic mass is 10.0. The van der Waals surface area contributed by atoms with Crippen LogP contribution in [0.1, 0.15) is 255 Å². The van der Waals surface area contributed by atoms with Gasteiger partial charge in [-0.15, -0.1) is 0 Å². The molecule has 0 radical (unpaired) electrons. The van der Waals surface area contributed by atoms with Gasteiger partial charge in [-0.2, -0.15) is 4.57 Å². The summed E-state index contributed by atoms with van der Waals surface area (Å²) in [7, 11) is -4.86. The number of hydrogen-bond acceptors (Lipinski definition) is 10. The number of phosphoric ester groups is 1. The summed E-state index contributed by atoms with van der Waals surface area (Å²) in [5.41, 5.74) is 7.17. The van der Waals surface area contributed by atoms with Crippen molar-refractivity contribution in [1.82, 2.24) is 0 Å². The molecule has 0 bridgehead atoms. The van der Waals surface area contributed by atoms with Gasteiger partial charge in [0.25, 0.3) is 0 Å². The quantitative estimate of drug-likeness (QED) is 0.0222. The van der Waals surface area contributed by atoms with Gasteiger partial charge in [-0.1, -0.05) is 178 Å². The maximum Gasteiger partial charge on any atom is 0.653 e. The zero-order valence-corrected chi connectivity index (χ0v) is 42.2. The Morgan fingerprint density at radius 2 is 0.892 bits per heavy atom. The number of unbranched alkanes of at least 4 members (excludes halogenated alkanes) is 24. The van der Waals surface area contributed by atoms with Gasteiger partial charge in [-0.25, -0.2) is 0 Å². The number of benzene rings is 1. The SMILES string of the molecule is CCCCCCCC/C=C\CCCCCCCC(=O)OP(=O)(OC(=O)CCCCCCC/C=C\CCCCCCCC)OC(=O)CCN=Cc1ccc(C(=O)CCCCCC(C)N)cc1. The van der Waals surface area contributed by atoms with Crippen LogP contribution in [0.25, 0.3) is 0 Å². The van der Waals surface area contributed by atoms with Gasteiger partial charge in [0.05, 0.1) is 6.42 Å². The summed E-state index contributed by atoms with van der Waals surface area (Å²) in [5.74, 6) is -2.55. The Balaban J connectivity index is 2.55. The smallest absolute Gasteiger partial charge is 0.352 e. The molecule has 65 heavy (non-hydrogen) atoms. The lowest BCUT2D eigenvalue weighted by Crippen LogP contribution is -2.14. The number of aliphatic imine (C=N–C) groups is 1. The van der Waals surface area contributed by atoms with Gasteiger partial charge >= 0.3 is 25.7 Å². The molecular formula is C54H91N2O8P. The first-order valence-corrected chi connectivity index (χ1v) is 27.5. The highest BCUT2D eigenvalue weighted by atomic mass is 31.2. The standard InChI is InChI=1S/C54H91N2O8P/c1-4-6-8-10-12-14-16-18-20-22-24-26-28-30-35-39-52(58)62-65(61,63-53(59)40-36-31-29-27-25-23-21-19-17-15-13-11-9-7-5-2)64-54(60)45-46-56-47-49-41-43-50(44-42-49)51(57)38-34-32-33-37-48(3)55/h18-21,41-44,47-48H,4-17,22-40,45-46,55H2,1-3H3/b20-18-,21-19-,56-47?. The van der Waals surface area contributed by atoms with E-state index in [0.717, 1.165) is 108 Å². The summed E-state index contributed by atoms with van der Waals surface area (Å²) in [6, 6.07) is 7.25. The highest BCUT2D eigenvalue weighted by Crippen LogP contribution is 2.51. The highest BCUT2D eigenvalue weighted by molar-refractivity contribution is 7.50. The molecule has 1 unspecified atom stereocenters. The first kappa shape index (κ1) is 59.7. The highest BCUT2D eigenvalue weighted by Gasteiger charge is 2.39. The van der Waals surface area contributed by atoms with Crippen molar-refractivity contribution in [2.75, 3.05) is 6.54 Å². The monoisotopic (exact) mass is 927 g/mol. The first-order chi connectivity index (χ1) is 31.6. The Morgan fingerprint density at radius 1 is 0.523 bits per heavy atom. The summed E-state index contributed by atoms with van der Waals surface area (Å²) >= 11 is 0. The van der Waals surface area contributed by atoms with Crippen LogP contribution in [0.5, 0.6) is 0 Å². The number of allylic oxidation sites excluding steroid dienone is 4. The van der Waals surface area contributed by atoms with Gasteiger partial charge in [0.15, 0.2) is 5.78 Å². The fourth-order valence-corrected chi connectivity index (χ4v) is 8.53. The molecule has 0 saturated heterocycles. The minimum Gasteiger partial charge on any atom is -0.352 e. The maximum atomic E-state index is 13.6. The van der Waals surface area contributed by atoms with Crippen molar-refractivity contribution in [3.63, 3.8) is 0 Å². The van der Waals surface area contributed by atoms with Gasteiger partial charge in [0.1, 0.15) is 0 Å². The first-order valence-electron chi connectivity index (χ1n) is 26.0. The number of nitrogens with two attached hydrogens (primary N) is 1. The number of nitrogens with zero attached hydrogens (tertiary/aromatic N) is 1. The van der Waals surface area contributed by atoms with Gasteiger partial charge in [0, 0.05) is 43.6 Å². The summed E-state index contributed by atoms with van der Waals surface area (Å²) in [6.07, 6.45) is 43.4. The number of carbonyl (C=O) groups excluding carboxylic acids is 4. The van der Waals surface area contributed by atoms with Gasteiger partial charge in [-0.3, -0.25) is 24.2 Å². The lowest BCUT2D eigenvalue weighted by molar-refractivity contribution is -0.144. The van der Waals surface area contributed by atoms with E-state index in [1.807, 2.05) is 6.92 Å². The number of phosphoric acid groups is 1. The minimum atomic E-state index is -4.86. The number of hydrogen-bond donors (Lipinski definition) is 1. The summed E-state index contributed by atoms with van der Waals surface area (Å²) in [4.78, 5) is 55.3. The van der Waals surface area contributed by atoms with Crippen molar-refractivity contribution >= 4 is 37.7 Å². The predicted molar refractivity (Wildman–Crippen MR) is 269 cm³/mol. The van der Waals surface area contributed by atoms with E-state index in [9.17, 15) is 23.7 Å². The van der Waals surface area contributed by atoms with Crippen molar-refractivity contribution in [2.24, 2.45) is 10.7 Å². The zero-order valence-electron chi connectivity index (χ0n) is 41.3. The van der Waals surface area contributed by atoms with Crippen LogP contribution in [-0.2, 0) is 32.5 Å². The zero-order chi connectivity index (χ0) is 47.5. The predicted octanol–water partition coefficient (Wildman–Crippen LogP) is 15.8. The van der Waals surface area contributed by atoms with E-state index in [1.165, 1.54) is 77.0 Å². The number of rotatable bonds is 44. The summed E-state index contributed by atoms with van der Waals surface area (Å²) < 4.78 is 29.0. The third-order valence-electron chi connectivity index (χ3n) is 11.4. The molecule has 1 aromatic carbocycles.